The molecule has 0 aliphatic carbocycles. The van der Waals surface area contributed by atoms with Gasteiger partial charge in [0.1, 0.15) is 5.82 Å². The van der Waals surface area contributed by atoms with Gasteiger partial charge in [-0.15, -0.1) is 0 Å². The fourth-order valence-electron chi connectivity index (χ4n) is 2.25. The van der Waals surface area contributed by atoms with Crippen LogP contribution >= 0.6 is 0 Å². The summed E-state index contributed by atoms with van der Waals surface area (Å²) in [4.78, 5) is 12.0. The molecule has 3 nitrogen and oxygen atoms in total. The lowest BCUT2D eigenvalue weighted by molar-refractivity contribution is 0.0935. The van der Waals surface area contributed by atoms with Crippen molar-refractivity contribution in [2.24, 2.45) is 5.41 Å². The summed E-state index contributed by atoms with van der Waals surface area (Å²) in [6.45, 7) is 6.48. The van der Waals surface area contributed by atoms with Crippen molar-refractivity contribution in [3.8, 4) is 0 Å². The van der Waals surface area contributed by atoms with Gasteiger partial charge in [-0.1, -0.05) is 13.0 Å². The maximum atomic E-state index is 13.1. The van der Waals surface area contributed by atoms with Crippen LogP contribution < -0.4 is 10.6 Å². The maximum Gasteiger partial charge on any atom is 0.251 e. The minimum absolute atomic E-state index is 0.108. The highest BCUT2D eigenvalue weighted by atomic mass is 19.1. The molecule has 1 heterocycles. The summed E-state index contributed by atoms with van der Waals surface area (Å²) in [5.74, 6) is -0.570. The minimum Gasteiger partial charge on any atom is -0.351 e. The molecule has 2 rings (SSSR count). The fourth-order valence-corrected chi connectivity index (χ4v) is 2.25. The van der Waals surface area contributed by atoms with Gasteiger partial charge in [0.2, 0.25) is 0 Å². The molecule has 1 unspecified atom stereocenters. The van der Waals surface area contributed by atoms with Crippen LogP contribution in [0.15, 0.2) is 18.2 Å². The van der Waals surface area contributed by atoms with E-state index in [1.54, 1.807) is 6.07 Å². The molecule has 1 aromatic rings. The number of aryl methyl sites for hydroxylation is 1. The number of halogens is 1. The van der Waals surface area contributed by atoms with Gasteiger partial charge >= 0.3 is 0 Å². The Balaban J connectivity index is 2.01. The molecule has 1 saturated heterocycles. The number of amides is 1. The number of benzene rings is 1. The molecule has 0 aromatic heterocycles. The molecule has 1 aliphatic rings. The second-order valence-corrected chi connectivity index (χ2v) is 5.38. The van der Waals surface area contributed by atoms with Crippen LogP contribution in [0.5, 0.6) is 0 Å². The number of hydrogen-bond donors (Lipinski definition) is 2. The lowest BCUT2D eigenvalue weighted by atomic mass is 9.90. The summed E-state index contributed by atoms with van der Waals surface area (Å²) < 4.78 is 13.1. The van der Waals surface area contributed by atoms with E-state index in [0.717, 1.165) is 25.1 Å². The highest BCUT2D eigenvalue weighted by molar-refractivity contribution is 5.95. The third-order valence-corrected chi connectivity index (χ3v) is 3.58. The quantitative estimate of drug-likeness (QED) is 0.859. The molecule has 0 spiro atoms. The standard InChI is InChI=1S/C14H19FN2O/c1-10-3-4-11(15)7-12(10)13(18)17-9-14(2)5-6-16-8-14/h3-4,7,16H,5-6,8-9H2,1-2H3,(H,17,18). The smallest absolute Gasteiger partial charge is 0.251 e. The van der Waals surface area contributed by atoms with Crippen molar-refractivity contribution < 1.29 is 9.18 Å². The molecule has 1 fully saturated rings. The summed E-state index contributed by atoms with van der Waals surface area (Å²) in [6, 6.07) is 4.29. The van der Waals surface area contributed by atoms with Crippen LogP contribution in [-0.2, 0) is 0 Å². The number of carbonyl (C=O) groups excluding carboxylic acids is 1. The number of rotatable bonds is 3. The Bertz CT molecular complexity index is 453. The predicted molar refractivity (Wildman–Crippen MR) is 69.1 cm³/mol. The molecule has 1 amide bonds. The molecule has 1 aromatic carbocycles. The van der Waals surface area contributed by atoms with E-state index in [-0.39, 0.29) is 17.1 Å². The van der Waals surface area contributed by atoms with Crippen molar-refractivity contribution in [2.75, 3.05) is 19.6 Å². The van der Waals surface area contributed by atoms with Crippen molar-refractivity contribution in [1.29, 1.82) is 0 Å². The van der Waals surface area contributed by atoms with E-state index >= 15 is 0 Å². The van der Waals surface area contributed by atoms with Gasteiger partial charge in [-0.05, 0) is 43.0 Å². The normalized spacial score (nSPS) is 23.1. The Morgan fingerprint density at radius 1 is 1.56 bits per heavy atom. The van der Waals surface area contributed by atoms with E-state index in [2.05, 4.69) is 17.6 Å². The van der Waals surface area contributed by atoms with Crippen LogP contribution in [-0.4, -0.2) is 25.5 Å². The van der Waals surface area contributed by atoms with Crippen LogP contribution in [0.25, 0.3) is 0 Å². The maximum absolute atomic E-state index is 13.1. The van der Waals surface area contributed by atoms with Crippen molar-refractivity contribution in [2.45, 2.75) is 20.3 Å². The Kier molecular flexibility index (Phi) is 3.66. The van der Waals surface area contributed by atoms with Crippen LogP contribution in [0, 0.1) is 18.2 Å². The van der Waals surface area contributed by atoms with E-state index in [1.807, 2.05) is 6.92 Å². The fraction of sp³-hybridized carbons (Fsp3) is 0.500. The molecule has 2 N–H and O–H groups in total. The van der Waals surface area contributed by atoms with E-state index in [1.165, 1.54) is 12.1 Å². The zero-order valence-electron chi connectivity index (χ0n) is 10.8. The van der Waals surface area contributed by atoms with Gasteiger partial charge in [-0.2, -0.15) is 0 Å². The van der Waals surface area contributed by atoms with Crippen LogP contribution in [0.2, 0.25) is 0 Å². The summed E-state index contributed by atoms with van der Waals surface area (Å²) in [5, 5.41) is 6.19. The van der Waals surface area contributed by atoms with E-state index in [0.29, 0.717) is 12.1 Å². The van der Waals surface area contributed by atoms with E-state index < -0.39 is 0 Å². The first-order valence-corrected chi connectivity index (χ1v) is 6.25. The topological polar surface area (TPSA) is 41.1 Å². The first-order valence-electron chi connectivity index (χ1n) is 6.25. The van der Waals surface area contributed by atoms with Gasteiger partial charge in [0.05, 0.1) is 0 Å². The molecule has 0 bridgehead atoms. The average molecular weight is 250 g/mol. The predicted octanol–water partition coefficient (Wildman–Crippen LogP) is 1.86. The van der Waals surface area contributed by atoms with Crippen molar-refractivity contribution in [3.63, 3.8) is 0 Å². The van der Waals surface area contributed by atoms with Crippen LogP contribution in [0.1, 0.15) is 29.3 Å². The Morgan fingerprint density at radius 2 is 2.33 bits per heavy atom. The third-order valence-electron chi connectivity index (χ3n) is 3.58. The molecule has 4 heteroatoms. The average Bonchev–Trinajstić information content (AvgIpc) is 2.77. The highest BCUT2D eigenvalue weighted by Gasteiger charge is 2.29. The van der Waals surface area contributed by atoms with Crippen LogP contribution in [0.4, 0.5) is 4.39 Å². The lowest BCUT2D eigenvalue weighted by Crippen LogP contribution is -2.37. The second-order valence-electron chi connectivity index (χ2n) is 5.38. The molecule has 1 aliphatic heterocycles. The minimum atomic E-state index is -0.375. The molecular weight excluding hydrogens is 231 g/mol. The zero-order chi connectivity index (χ0) is 13.2. The van der Waals surface area contributed by atoms with Gasteiger partial charge in [0, 0.05) is 18.7 Å². The van der Waals surface area contributed by atoms with Crippen molar-refractivity contribution in [1.82, 2.24) is 10.6 Å². The van der Waals surface area contributed by atoms with Gasteiger partial charge in [-0.25, -0.2) is 4.39 Å². The van der Waals surface area contributed by atoms with E-state index in [4.69, 9.17) is 0 Å². The summed E-state index contributed by atoms with van der Waals surface area (Å²) in [5.41, 5.74) is 1.32. The largest absolute Gasteiger partial charge is 0.351 e. The summed E-state index contributed by atoms with van der Waals surface area (Å²) in [7, 11) is 0. The summed E-state index contributed by atoms with van der Waals surface area (Å²) in [6.07, 6.45) is 1.05. The Labute approximate surface area is 107 Å². The highest BCUT2D eigenvalue weighted by Crippen LogP contribution is 2.23. The zero-order valence-corrected chi connectivity index (χ0v) is 10.8. The number of carbonyl (C=O) groups is 1. The molecular formula is C14H19FN2O. The molecule has 1 atom stereocenters. The van der Waals surface area contributed by atoms with Crippen LogP contribution in [0.3, 0.4) is 0 Å². The SMILES string of the molecule is Cc1ccc(F)cc1C(=O)NCC1(C)CCNC1. The van der Waals surface area contributed by atoms with Gasteiger partial charge < -0.3 is 10.6 Å². The summed E-state index contributed by atoms with van der Waals surface area (Å²) >= 11 is 0. The Morgan fingerprint density at radius 3 is 3.00 bits per heavy atom. The first-order chi connectivity index (χ1) is 8.50. The number of hydrogen-bond acceptors (Lipinski definition) is 2. The lowest BCUT2D eigenvalue weighted by Gasteiger charge is -2.23. The molecule has 0 radical (unpaired) electrons. The van der Waals surface area contributed by atoms with Gasteiger partial charge in [0.25, 0.3) is 5.91 Å². The Hall–Kier alpha value is -1.42. The van der Waals surface area contributed by atoms with E-state index in [9.17, 15) is 9.18 Å². The van der Waals surface area contributed by atoms with Gasteiger partial charge in [0.15, 0.2) is 0 Å². The molecule has 0 saturated carbocycles. The second kappa shape index (κ2) is 5.06. The monoisotopic (exact) mass is 250 g/mol. The number of nitrogens with one attached hydrogen (secondary N) is 2. The van der Waals surface area contributed by atoms with Crippen molar-refractivity contribution in [3.05, 3.63) is 35.1 Å². The first kappa shape index (κ1) is 13.0. The van der Waals surface area contributed by atoms with Crippen molar-refractivity contribution >= 4 is 5.91 Å². The molecule has 18 heavy (non-hydrogen) atoms. The van der Waals surface area contributed by atoms with Gasteiger partial charge in [-0.3, -0.25) is 4.79 Å². The molecule has 98 valence electrons. The third kappa shape index (κ3) is 2.88.